The number of benzene rings is 1. The second kappa shape index (κ2) is 5.05. The lowest BCUT2D eigenvalue weighted by Gasteiger charge is -2.11. The molecule has 0 saturated carbocycles. The highest BCUT2D eigenvalue weighted by molar-refractivity contribution is 7.22. The largest absolute Gasteiger partial charge is 0.496 e. The van der Waals surface area contributed by atoms with Gasteiger partial charge in [0.25, 0.3) is 6.47 Å². The smallest absolute Gasteiger partial charge is 0.298 e. The molecule has 0 radical (unpaired) electrons. The van der Waals surface area contributed by atoms with Gasteiger partial charge < -0.3 is 15.2 Å². The van der Waals surface area contributed by atoms with Gasteiger partial charge >= 0.3 is 0 Å². The number of allylic oxidation sites excluding steroid dienone is 1. The molecule has 0 unspecified atom stereocenters. The van der Waals surface area contributed by atoms with Gasteiger partial charge in [0.2, 0.25) is 0 Å². The number of anilines is 1. The van der Waals surface area contributed by atoms with Crippen LogP contribution in [0.25, 0.3) is 10.2 Å². The number of nitrogens with zero attached hydrogens (tertiary/aromatic N) is 1. The zero-order valence-electron chi connectivity index (χ0n) is 9.80. The number of hydrogen-bond donors (Lipinski definition) is 1. The molecular weight excluding hydrogens is 252 g/mol. The van der Waals surface area contributed by atoms with Crippen LogP contribution in [0, 0.1) is 0 Å². The number of nitrogen functional groups attached to an aromatic ring is 1. The number of hydrogen-bond acceptors (Lipinski definition) is 6. The summed E-state index contributed by atoms with van der Waals surface area (Å²) in [6.07, 6.45) is 2.22. The predicted octanol–water partition coefficient (Wildman–Crippen LogP) is 2.15. The molecule has 2 aromatic rings. The number of thiazole rings is 1. The van der Waals surface area contributed by atoms with E-state index < -0.39 is 0 Å². The quantitative estimate of drug-likeness (QED) is 0.661. The van der Waals surface area contributed by atoms with Gasteiger partial charge in [-0.3, -0.25) is 4.79 Å². The van der Waals surface area contributed by atoms with Gasteiger partial charge in [-0.1, -0.05) is 17.4 Å². The third-order valence-electron chi connectivity index (χ3n) is 2.45. The molecule has 1 heterocycles. The topological polar surface area (TPSA) is 74.4 Å². The van der Waals surface area contributed by atoms with E-state index in [4.69, 9.17) is 15.2 Å². The highest BCUT2D eigenvalue weighted by atomic mass is 32.1. The average molecular weight is 264 g/mol. The maximum Gasteiger partial charge on any atom is 0.298 e. The molecule has 5 nitrogen and oxygen atoms in total. The van der Waals surface area contributed by atoms with Crippen molar-refractivity contribution in [3.63, 3.8) is 0 Å². The summed E-state index contributed by atoms with van der Waals surface area (Å²) in [5.74, 6) is 1.01. The standard InChI is InChI=1S/C12H12N2O3S/c1-3-4-7-8(16-2)5-9-10(11(7)17-6-15)14-12(13)18-9/h3,5-6H,1,4H2,2H3,(H2,13,14). The van der Waals surface area contributed by atoms with E-state index in [9.17, 15) is 4.79 Å². The van der Waals surface area contributed by atoms with Gasteiger partial charge in [-0.25, -0.2) is 4.98 Å². The lowest BCUT2D eigenvalue weighted by Crippen LogP contribution is -1.99. The fraction of sp³-hybridized carbons (Fsp3) is 0.167. The van der Waals surface area contributed by atoms with E-state index >= 15 is 0 Å². The first kappa shape index (κ1) is 12.4. The average Bonchev–Trinajstić information content (AvgIpc) is 2.72. The van der Waals surface area contributed by atoms with Gasteiger partial charge in [-0.2, -0.15) is 0 Å². The van der Waals surface area contributed by atoms with E-state index in [1.54, 1.807) is 13.2 Å². The molecule has 0 aliphatic carbocycles. The molecule has 2 N–H and O–H groups in total. The second-order valence-corrected chi connectivity index (χ2v) is 4.55. The molecule has 0 saturated heterocycles. The molecule has 0 aliphatic rings. The summed E-state index contributed by atoms with van der Waals surface area (Å²) in [7, 11) is 1.56. The van der Waals surface area contributed by atoms with E-state index in [0.29, 0.717) is 35.0 Å². The minimum Gasteiger partial charge on any atom is -0.496 e. The van der Waals surface area contributed by atoms with Crippen LogP contribution in [0.1, 0.15) is 5.56 Å². The number of nitrogens with two attached hydrogens (primary N) is 1. The summed E-state index contributed by atoms with van der Waals surface area (Å²) < 4.78 is 11.1. The fourth-order valence-corrected chi connectivity index (χ4v) is 2.53. The van der Waals surface area contributed by atoms with Crippen molar-refractivity contribution in [2.45, 2.75) is 6.42 Å². The zero-order chi connectivity index (χ0) is 13.1. The highest BCUT2D eigenvalue weighted by Crippen LogP contribution is 2.40. The van der Waals surface area contributed by atoms with Crippen molar-refractivity contribution >= 4 is 33.2 Å². The molecule has 0 bridgehead atoms. The summed E-state index contributed by atoms with van der Waals surface area (Å²) in [4.78, 5) is 14.8. The van der Waals surface area contributed by atoms with E-state index in [1.165, 1.54) is 11.3 Å². The Bertz CT molecular complexity index is 607. The lowest BCUT2D eigenvalue weighted by atomic mass is 10.1. The maximum atomic E-state index is 10.6. The Morgan fingerprint density at radius 3 is 3.00 bits per heavy atom. The first-order chi connectivity index (χ1) is 8.71. The van der Waals surface area contributed by atoms with E-state index in [2.05, 4.69) is 11.6 Å². The number of carbonyl (C=O) groups excluding carboxylic acids is 1. The van der Waals surface area contributed by atoms with Crippen LogP contribution in [0.5, 0.6) is 11.5 Å². The summed E-state index contributed by atoms with van der Waals surface area (Å²) >= 11 is 1.31. The summed E-state index contributed by atoms with van der Waals surface area (Å²) in [5.41, 5.74) is 6.98. The van der Waals surface area contributed by atoms with Crippen LogP contribution >= 0.6 is 11.3 Å². The van der Waals surface area contributed by atoms with E-state index in [-0.39, 0.29) is 0 Å². The Balaban J connectivity index is 2.77. The minimum absolute atomic E-state index is 0.371. The zero-order valence-corrected chi connectivity index (χ0v) is 10.6. The number of aromatic nitrogens is 1. The van der Waals surface area contributed by atoms with Gasteiger partial charge in [0.1, 0.15) is 11.3 Å². The van der Waals surface area contributed by atoms with Gasteiger partial charge in [-0.05, 0) is 6.42 Å². The number of rotatable bonds is 5. The molecule has 1 aromatic carbocycles. The van der Waals surface area contributed by atoms with Crippen LogP contribution < -0.4 is 15.2 Å². The van der Waals surface area contributed by atoms with Crippen molar-refractivity contribution in [1.29, 1.82) is 0 Å². The normalized spacial score (nSPS) is 10.3. The summed E-state index contributed by atoms with van der Waals surface area (Å²) in [5, 5.41) is 0.415. The van der Waals surface area contributed by atoms with Crippen LogP contribution in [0.3, 0.4) is 0 Å². The Morgan fingerprint density at radius 1 is 1.61 bits per heavy atom. The van der Waals surface area contributed by atoms with E-state index in [1.807, 2.05) is 6.07 Å². The molecular formula is C12H12N2O3S. The Kier molecular flexibility index (Phi) is 3.47. The first-order valence-corrected chi connectivity index (χ1v) is 6.00. The Hall–Kier alpha value is -2.08. The molecule has 2 rings (SSSR count). The Morgan fingerprint density at radius 2 is 2.39 bits per heavy atom. The van der Waals surface area contributed by atoms with Gasteiger partial charge in [0.05, 0.1) is 11.8 Å². The first-order valence-electron chi connectivity index (χ1n) is 5.18. The van der Waals surface area contributed by atoms with Crippen molar-refractivity contribution < 1.29 is 14.3 Å². The van der Waals surface area contributed by atoms with Crippen LogP contribution in [-0.2, 0) is 11.2 Å². The fourth-order valence-electron chi connectivity index (χ4n) is 1.77. The van der Waals surface area contributed by atoms with Crippen molar-refractivity contribution in [3.05, 3.63) is 24.3 Å². The minimum atomic E-state index is 0.371. The van der Waals surface area contributed by atoms with Gasteiger partial charge in [0.15, 0.2) is 10.9 Å². The van der Waals surface area contributed by atoms with Crippen LogP contribution in [0.15, 0.2) is 18.7 Å². The highest BCUT2D eigenvalue weighted by Gasteiger charge is 2.18. The molecule has 0 atom stereocenters. The molecule has 94 valence electrons. The molecule has 18 heavy (non-hydrogen) atoms. The number of methoxy groups -OCH3 is 1. The molecule has 0 amide bonds. The predicted molar refractivity (Wildman–Crippen MR) is 71.2 cm³/mol. The maximum absolute atomic E-state index is 10.6. The number of fused-ring (bicyclic) bond motifs is 1. The van der Waals surface area contributed by atoms with Crippen LogP contribution in [0.2, 0.25) is 0 Å². The van der Waals surface area contributed by atoms with Gasteiger partial charge in [-0.15, -0.1) is 6.58 Å². The molecule has 0 aliphatic heterocycles. The van der Waals surface area contributed by atoms with Crippen molar-refractivity contribution in [2.75, 3.05) is 12.8 Å². The van der Waals surface area contributed by atoms with Crippen LogP contribution in [0.4, 0.5) is 5.13 Å². The molecule has 0 fully saturated rings. The summed E-state index contributed by atoms with van der Waals surface area (Å²) in [6.45, 7) is 4.05. The lowest BCUT2D eigenvalue weighted by molar-refractivity contribution is -0.120. The van der Waals surface area contributed by atoms with Gasteiger partial charge in [0, 0.05) is 11.6 Å². The third kappa shape index (κ3) is 2.02. The number of carbonyl (C=O) groups is 1. The number of ether oxygens (including phenoxy) is 2. The van der Waals surface area contributed by atoms with Crippen molar-refractivity contribution in [3.8, 4) is 11.5 Å². The van der Waals surface area contributed by atoms with Crippen molar-refractivity contribution in [2.24, 2.45) is 0 Å². The summed E-state index contributed by atoms with van der Waals surface area (Å²) in [6, 6.07) is 1.83. The second-order valence-electron chi connectivity index (χ2n) is 3.49. The molecule has 6 heteroatoms. The monoisotopic (exact) mass is 264 g/mol. The van der Waals surface area contributed by atoms with E-state index in [0.717, 1.165) is 10.3 Å². The van der Waals surface area contributed by atoms with Crippen LogP contribution in [-0.4, -0.2) is 18.6 Å². The van der Waals surface area contributed by atoms with Crippen molar-refractivity contribution in [1.82, 2.24) is 4.98 Å². The Labute approximate surface area is 108 Å². The third-order valence-corrected chi connectivity index (χ3v) is 3.28. The molecule has 1 aromatic heterocycles. The molecule has 0 spiro atoms. The SMILES string of the molecule is C=CCc1c(OC)cc2sc(N)nc2c1OC=O.